The molecule has 1 aromatic carbocycles. The van der Waals surface area contributed by atoms with Crippen molar-refractivity contribution in [3.63, 3.8) is 0 Å². The zero-order valence-electron chi connectivity index (χ0n) is 15.6. The summed E-state index contributed by atoms with van der Waals surface area (Å²) in [6.07, 6.45) is 5.79. The van der Waals surface area contributed by atoms with Gasteiger partial charge in [-0.25, -0.2) is 23.5 Å². The van der Waals surface area contributed by atoms with E-state index in [0.717, 1.165) is 30.8 Å². The fourth-order valence-corrected chi connectivity index (χ4v) is 2.92. The van der Waals surface area contributed by atoms with Crippen LogP contribution in [0.4, 0.5) is 5.82 Å². The van der Waals surface area contributed by atoms with E-state index in [9.17, 15) is 13.2 Å². The summed E-state index contributed by atoms with van der Waals surface area (Å²) in [5.41, 5.74) is 1.15. The van der Waals surface area contributed by atoms with Gasteiger partial charge in [-0.1, -0.05) is 25.5 Å². The third-order valence-electron chi connectivity index (χ3n) is 4.06. The lowest BCUT2D eigenvalue weighted by Gasteiger charge is -2.17. The fourth-order valence-electron chi connectivity index (χ4n) is 2.40. The zero-order valence-corrected chi connectivity index (χ0v) is 16.4. The van der Waals surface area contributed by atoms with Crippen molar-refractivity contribution in [2.75, 3.05) is 25.0 Å². The van der Waals surface area contributed by atoms with Crippen molar-refractivity contribution in [3.8, 4) is 0 Å². The van der Waals surface area contributed by atoms with E-state index in [1.54, 1.807) is 18.3 Å². The quantitative estimate of drug-likeness (QED) is 0.666. The van der Waals surface area contributed by atoms with E-state index in [4.69, 9.17) is 5.14 Å². The molecule has 0 bridgehead atoms. The van der Waals surface area contributed by atoms with Gasteiger partial charge in [-0.3, -0.25) is 4.79 Å². The minimum absolute atomic E-state index is 0.0644. The second-order valence-electron chi connectivity index (χ2n) is 6.23. The molecule has 0 aliphatic rings. The summed E-state index contributed by atoms with van der Waals surface area (Å²) in [6, 6.07) is 6.25. The SMILES string of the molecule is CCCCN(C)c1cnc(C(=O)NCCc2ccc(S(N)(=O)=O)cc2)cn1. The first-order valence-electron chi connectivity index (χ1n) is 8.74. The highest BCUT2D eigenvalue weighted by molar-refractivity contribution is 7.89. The van der Waals surface area contributed by atoms with Gasteiger partial charge in [-0.05, 0) is 30.5 Å². The van der Waals surface area contributed by atoms with Gasteiger partial charge in [0, 0.05) is 20.1 Å². The Morgan fingerprint density at radius 1 is 1.19 bits per heavy atom. The second-order valence-corrected chi connectivity index (χ2v) is 7.79. The van der Waals surface area contributed by atoms with Gasteiger partial charge in [0.1, 0.15) is 11.5 Å². The molecular formula is C18H25N5O3S. The minimum Gasteiger partial charge on any atom is -0.358 e. The monoisotopic (exact) mass is 391 g/mol. The molecule has 2 aromatic rings. The summed E-state index contributed by atoms with van der Waals surface area (Å²) in [5.74, 6) is 0.432. The maximum absolute atomic E-state index is 12.2. The Hall–Kier alpha value is -2.52. The Morgan fingerprint density at radius 2 is 1.89 bits per heavy atom. The third kappa shape index (κ3) is 6.30. The van der Waals surface area contributed by atoms with Crippen molar-refractivity contribution >= 4 is 21.7 Å². The standard InChI is InChI=1S/C18H25N5O3S/c1-3-4-11-23(2)17-13-21-16(12-22-17)18(24)20-10-9-14-5-7-15(8-6-14)27(19,25)26/h5-8,12-13H,3-4,9-11H2,1-2H3,(H,20,24)(H2,19,25,26). The number of amides is 1. The van der Waals surface area contributed by atoms with E-state index in [2.05, 4.69) is 22.2 Å². The van der Waals surface area contributed by atoms with Gasteiger partial charge < -0.3 is 10.2 Å². The average Bonchev–Trinajstić information content (AvgIpc) is 2.66. The molecule has 0 saturated carbocycles. The van der Waals surface area contributed by atoms with E-state index in [-0.39, 0.29) is 16.5 Å². The number of carbonyl (C=O) groups excluding carboxylic acids is 1. The summed E-state index contributed by atoms with van der Waals surface area (Å²) in [5, 5.41) is 7.84. The molecule has 9 heteroatoms. The van der Waals surface area contributed by atoms with Crippen LogP contribution in [0.1, 0.15) is 35.8 Å². The zero-order chi connectivity index (χ0) is 19.9. The number of primary sulfonamides is 1. The molecule has 0 saturated heterocycles. The lowest BCUT2D eigenvalue weighted by molar-refractivity contribution is 0.0949. The normalized spacial score (nSPS) is 11.2. The van der Waals surface area contributed by atoms with Crippen LogP contribution in [0.5, 0.6) is 0 Å². The molecule has 0 aliphatic carbocycles. The summed E-state index contributed by atoms with van der Waals surface area (Å²) in [4.78, 5) is 22.7. The molecule has 0 spiro atoms. The van der Waals surface area contributed by atoms with Crippen LogP contribution in [0, 0.1) is 0 Å². The maximum atomic E-state index is 12.2. The summed E-state index contributed by atoms with van der Waals surface area (Å²) >= 11 is 0. The maximum Gasteiger partial charge on any atom is 0.271 e. The summed E-state index contributed by atoms with van der Waals surface area (Å²) in [7, 11) is -1.75. The highest BCUT2D eigenvalue weighted by atomic mass is 32.2. The first-order chi connectivity index (χ1) is 12.8. The molecule has 1 amide bonds. The van der Waals surface area contributed by atoms with E-state index < -0.39 is 10.0 Å². The molecule has 0 radical (unpaired) electrons. The Bertz CT molecular complexity index is 852. The number of unbranched alkanes of at least 4 members (excludes halogenated alkanes) is 1. The lowest BCUT2D eigenvalue weighted by Crippen LogP contribution is -2.27. The van der Waals surface area contributed by atoms with Gasteiger partial charge in [-0.15, -0.1) is 0 Å². The van der Waals surface area contributed by atoms with Gasteiger partial charge in [0.2, 0.25) is 10.0 Å². The Morgan fingerprint density at radius 3 is 2.44 bits per heavy atom. The number of aromatic nitrogens is 2. The highest BCUT2D eigenvalue weighted by Crippen LogP contribution is 2.10. The summed E-state index contributed by atoms with van der Waals surface area (Å²) in [6.45, 7) is 3.41. The van der Waals surface area contributed by atoms with Crippen LogP contribution in [0.2, 0.25) is 0 Å². The second kappa shape index (κ2) is 9.43. The van der Waals surface area contributed by atoms with Gasteiger partial charge in [-0.2, -0.15) is 0 Å². The number of benzene rings is 1. The molecule has 0 atom stereocenters. The number of rotatable bonds is 9. The Kier molecular flexibility index (Phi) is 7.26. The molecule has 8 nitrogen and oxygen atoms in total. The molecule has 0 unspecified atom stereocenters. The average molecular weight is 391 g/mol. The predicted molar refractivity (Wildman–Crippen MR) is 104 cm³/mol. The number of anilines is 1. The van der Waals surface area contributed by atoms with E-state index >= 15 is 0 Å². The van der Waals surface area contributed by atoms with E-state index in [1.165, 1.54) is 18.3 Å². The molecule has 1 heterocycles. The van der Waals surface area contributed by atoms with Crippen LogP contribution < -0.4 is 15.4 Å². The van der Waals surface area contributed by atoms with Crippen LogP contribution in [0.25, 0.3) is 0 Å². The minimum atomic E-state index is -3.69. The number of nitrogens with two attached hydrogens (primary N) is 1. The summed E-state index contributed by atoms with van der Waals surface area (Å²) < 4.78 is 22.5. The third-order valence-corrected chi connectivity index (χ3v) is 4.99. The first kappa shape index (κ1) is 20.8. The number of sulfonamides is 1. The van der Waals surface area contributed by atoms with Gasteiger partial charge in [0.15, 0.2) is 0 Å². The lowest BCUT2D eigenvalue weighted by atomic mass is 10.1. The Labute approximate surface area is 159 Å². The first-order valence-corrected chi connectivity index (χ1v) is 10.3. The van der Waals surface area contributed by atoms with E-state index in [1.807, 2.05) is 11.9 Å². The largest absolute Gasteiger partial charge is 0.358 e. The van der Waals surface area contributed by atoms with Crippen LogP contribution in [-0.4, -0.2) is 44.4 Å². The molecule has 0 fully saturated rings. The van der Waals surface area contributed by atoms with Crippen LogP contribution in [0.3, 0.4) is 0 Å². The number of nitrogens with one attached hydrogen (secondary N) is 1. The molecule has 27 heavy (non-hydrogen) atoms. The van der Waals surface area contributed by atoms with Crippen molar-refractivity contribution in [1.29, 1.82) is 0 Å². The van der Waals surface area contributed by atoms with Gasteiger partial charge in [0.25, 0.3) is 5.91 Å². The molecular weight excluding hydrogens is 366 g/mol. The van der Waals surface area contributed by atoms with Crippen molar-refractivity contribution in [1.82, 2.24) is 15.3 Å². The van der Waals surface area contributed by atoms with Crippen molar-refractivity contribution in [2.24, 2.45) is 5.14 Å². The van der Waals surface area contributed by atoms with Crippen LogP contribution in [-0.2, 0) is 16.4 Å². The molecule has 3 N–H and O–H groups in total. The number of carbonyl (C=O) groups is 1. The van der Waals surface area contributed by atoms with Crippen LogP contribution >= 0.6 is 0 Å². The molecule has 1 aromatic heterocycles. The van der Waals surface area contributed by atoms with Crippen molar-refractivity contribution in [2.45, 2.75) is 31.1 Å². The fraction of sp³-hybridized carbons (Fsp3) is 0.389. The number of hydrogen-bond donors (Lipinski definition) is 2. The predicted octanol–water partition coefficient (Wildman–Crippen LogP) is 1.33. The Balaban J connectivity index is 1.85. The number of nitrogens with zero attached hydrogens (tertiary/aromatic N) is 3. The topological polar surface area (TPSA) is 118 Å². The smallest absolute Gasteiger partial charge is 0.271 e. The van der Waals surface area contributed by atoms with Crippen LogP contribution in [0.15, 0.2) is 41.6 Å². The van der Waals surface area contributed by atoms with E-state index in [0.29, 0.717) is 13.0 Å². The van der Waals surface area contributed by atoms with Crippen molar-refractivity contribution < 1.29 is 13.2 Å². The highest BCUT2D eigenvalue weighted by Gasteiger charge is 2.10. The molecule has 146 valence electrons. The molecule has 2 rings (SSSR count). The van der Waals surface area contributed by atoms with Crippen molar-refractivity contribution in [3.05, 3.63) is 47.9 Å². The van der Waals surface area contributed by atoms with Gasteiger partial charge in [0.05, 0.1) is 17.3 Å². The van der Waals surface area contributed by atoms with Gasteiger partial charge >= 0.3 is 0 Å². The number of hydrogen-bond acceptors (Lipinski definition) is 6. The molecule has 0 aliphatic heterocycles.